The summed E-state index contributed by atoms with van der Waals surface area (Å²) in [5.74, 6) is 0.153. The molecule has 6 nitrogen and oxygen atoms in total. The van der Waals surface area contributed by atoms with Gasteiger partial charge < -0.3 is 15.4 Å². The van der Waals surface area contributed by atoms with E-state index < -0.39 is 11.8 Å². The monoisotopic (exact) mass is 604 g/mol. The highest BCUT2D eigenvalue weighted by atomic mass is 32.2. The molecule has 0 unspecified atom stereocenters. The van der Waals surface area contributed by atoms with E-state index in [1.807, 2.05) is 90.3 Å². The third kappa shape index (κ3) is 8.78. The lowest BCUT2D eigenvalue weighted by atomic mass is 10.1. The van der Waals surface area contributed by atoms with Crippen molar-refractivity contribution in [1.29, 1.82) is 0 Å². The number of ether oxygens (including phenoxy) is 1. The molecule has 0 spiro atoms. The summed E-state index contributed by atoms with van der Waals surface area (Å²) < 4.78 is 5.88. The highest BCUT2D eigenvalue weighted by Gasteiger charge is 2.16. The van der Waals surface area contributed by atoms with Crippen LogP contribution < -0.4 is 15.4 Å². The molecule has 214 valence electrons. The number of anilines is 1. The van der Waals surface area contributed by atoms with E-state index in [1.54, 1.807) is 42.5 Å². The minimum absolute atomic E-state index is 0.0553. The molecule has 1 heterocycles. The molecule has 5 aromatic rings. The second-order valence-corrected chi connectivity index (χ2v) is 11.4. The first kappa shape index (κ1) is 29.6. The van der Waals surface area contributed by atoms with Gasteiger partial charge in [0.2, 0.25) is 0 Å². The number of hydrogen-bond acceptors (Lipinski definition) is 6. The van der Waals surface area contributed by atoms with Crippen LogP contribution in [0.4, 0.5) is 5.69 Å². The van der Waals surface area contributed by atoms with Crippen LogP contribution >= 0.6 is 23.1 Å². The van der Waals surface area contributed by atoms with Crippen molar-refractivity contribution in [2.24, 2.45) is 0 Å². The second-order valence-electron chi connectivity index (χ2n) is 9.39. The van der Waals surface area contributed by atoms with Gasteiger partial charge in [-0.25, -0.2) is 0 Å². The van der Waals surface area contributed by atoms with Crippen molar-refractivity contribution >= 4 is 52.5 Å². The Morgan fingerprint density at radius 1 is 0.791 bits per heavy atom. The van der Waals surface area contributed by atoms with Crippen LogP contribution in [0.1, 0.15) is 31.2 Å². The molecule has 0 fully saturated rings. The lowest BCUT2D eigenvalue weighted by Gasteiger charge is -2.12. The van der Waals surface area contributed by atoms with Crippen LogP contribution in [0.15, 0.2) is 137 Å². The van der Waals surface area contributed by atoms with Crippen molar-refractivity contribution in [3.05, 3.63) is 154 Å². The summed E-state index contributed by atoms with van der Waals surface area (Å²) in [6, 6.07) is 36.8. The van der Waals surface area contributed by atoms with Crippen molar-refractivity contribution in [1.82, 2.24) is 5.32 Å². The molecule has 0 saturated carbocycles. The van der Waals surface area contributed by atoms with Gasteiger partial charge in [0, 0.05) is 16.1 Å². The molecule has 8 heteroatoms. The number of thiophene rings is 1. The van der Waals surface area contributed by atoms with Crippen molar-refractivity contribution in [2.45, 2.75) is 11.5 Å². The van der Waals surface area contributed by atoms with Crippen molar-refractivity contribution in [2.75, 3.05) is 11.1 Å². The number of benzene rings is 4. The Morgan fingerprint density at radius 2 is 1.53 bits per heavy atom. The normalized spacial score (nSPS) is 11.0. The van der Waals surface area contributed by atoms with Crippen LogP contribution in [-0.2, 0) is 11.4 Å². The van der Waals surface area contributed by atoms with Gasteiger partial charge in [0.15, 0.2) is 5.78 Å². The van der Waals surface area contributed by atoms with Crippen molar-refractivity contribution in [3.8, 4) is 5.75 Å². The molecule has 2 N–H and O–H groups in total. The Hall–Kier alpha value is -4.92. The molecule has 2 amide bonds. The van der Waals surface area contributed by atoms with E-state index in [1.165, 1.54) is 23.1 Å². The van der Waals surface area contributed by atoms with E-state index in [0.29, 0.717) is 34.9 Å². The average Bonchev–Trinajstić information content (AvgIpc) is 3.60. The molecule has 0 bridgehead atoms. The Morgan fingerprint density at radius 3 is 2.26 bits per heavy atom. The lowest BCUT2D eigenvalue weighted by Crippen LogP contribution is -2.30. The Bertz CT molecular complexity index is 1700. The molecule has 43 heavy (non-hydrogen) atoms. The summed E-state index contributed by atoms with van der Waals surface area (Å²) >= 11 is 2.82. The van der Waals surface area contributed by atoms with Gasteiger partial charge in [-0.1, -0.05) is 72.8 Å². The summed E-state index contributed by atoms with van der Waals surface area (Å²) in [7, 11) is 0. The first-order valence-corrected chi connectivity index (χ1v) is 15.4. The number of nitrogens with one attached hydrogen (secondary N) is 2. The van der Waals surface area contributed by atoms with E-state index in [4.69, 9.17) is 4.74 Å². The van der Waals surface area contributed by atoms with Crippen LogP contribution in [0.5, 0.6) is 5.75 Å². The largest absolute Gasteiger partial charge is 0.489 e. The van der Waals surface area contributed by atoms with Crippen LogP contribution in [0.25, 0.3) is 6.08 Å². The van der Waals surface area contributed by atoms with Gasteiger partial charge in [0.05, 0.1) is 10.6 Å². The smallest absolute Gasteiger partial charge is 0.272 e. The van der Waals surface area contributed by atoms with E-state index in [-0.39, 0.29) is 11.5 Å². The average molecular weight is 605 g/mol. The molecule has 4 aromatic carbocycles. The molecule has 0 saturated heterocycles. The molecule has 0 atom stereocenters. The number of ketones is 1. The Labute approximate surface area is 258 Å². The van der Waals surface area contributed by atoms with E-state index in [9.17, 15) is 14.4 Å². The molecule has 0 radical (unpaired) electrons. The number of thioether (sulfide) groups is 1. The molecular formula is C35H28N2O4S2. The zero-order valence-electron chi connectivity index (χ0n) is 23.1. The summed E-state index contributed by atoms with van der Waals surface area (Å²) in [5.41, 5.74) is 2.83. The van der Waals surface area contributed by atoms with Gasteiger partial charge >= 0.3 is 0 Å². The van der Waals surface area contributed by atoms with Gasteiger partial charge in [0.25, 0.3) is 11.8 Å². The zero-order valence-corrected chi connectivity index (χ0v) is 24.7. The minimum atomic E-state index is -0.481. The highest BCUT2D eigenvalue weighted by molar-refractivity contribution is 8.00. The minimum Gasteiger partial charge on any atom is -0.489 e. The molecular weight excluding hydrogens is 577 g/mol. The first-order valence-electron chi connectivity index (χ1n) is 13.5. The Balaban J connectivity index is 1.29. The van der Waals surface area contributed by atoms with E-state index >= 15 is 0 Å². The Kier molecular flexibility index (Phi) is 10.2. The maximum absolute atomic E-state index is 13.5. The van der Waals surface area contributed by atoms with Gasteiger partial charge in [-0.15, -0.1) is 23.1 Å². The zero-order chi connectivity index (χ0) is 29.9. The topological polar surface area (TPSA) is 84.5 Å². The predicted octanol–water partition coefficient (Wildman–Crippen LogP) is 7.71. The van der Waals surface area contributed by atoms with E-state index in [2.05, 4.69) is 10.6 Å². The number of Topliss-reactive ketones (excluding diaryl/α,β-unsaturated/α-hetero) is 1. The molecule has 1 aromatic heterocycles. The molecule has 0 aliphatic heterocycles. The van der Waals surface area contributed by atoms with Gasteiger partial charge in [-0.05, 0) is 71.1 Å². The van der Waals surface area contributed by atoms with Gasteiger partial charge in [-0.3, -0.25) is 14.4 Å². The summed E-state index contributed by atoms with van der Waals surface area (Å²) in [6.45, 7) is 0.441. The van der Waals surface area contributed by atoms with Crippen LogP contribution in [0, 0.1) is 0 Å². The highest BCUT2D eigenvalue weighted by Crippen LogP contribution is 2.24. The summed E-state index contributed by atoms with van der Waals surface area (Å²) in [6.07, 6.45) is 1.62. The molecule has 0 aliphatic carbocycles. The van der Waals surface area contributed by atoms with Gasteiger partial charge in [0.1, 0.15) is 18.1 Å². The number of hydrogen-bond donors (Lipinski definition) is 2. The SMILES string of the molecule is O=C(Nc1cccc(SCC(=O)c2cccs2)c1)/C(=C/c1ccc(OCc2ccccc2)cc1)NC(=O)c1ccccc1. The lowest BCUT2D eigenvalue weighted by molar-refractivity contribution is -0.113. The number of carbonyl (C=O) groups is 3. The quantitative estimate of drug-likeness (QED) is 0.0866. The first-order chi connectivity index (χ1) is 21.0. The third-order valence-electron chi connectivity index (χ3n) is 6.23. The predicted molar refractivity (Wildman–Crippen MR) is 174 cm³/mol. The van der Waals surface area contributed by atoms with E-state index in [0.717, 1.165) is 15.3 Å². The van der Waals surface area contributed by atoms with Crippen molar-refractivity contribution < 1.29 is 19.1 Å². The fourth-order valence-electron chi connectivity index (χ4n) is 4.03. The molecule has 5 rings (SSSR count). The summed E-state index contributed by atoms with van der Waals surface area (Å²) in [4.78, 5) is 40.4. The standard InChI is InChI=1S/C35H28N2O4S2/c38-32(33-15-8-20-42-33)24-43-30-14-7-13-28(22-30)36-35(40)31(37-34(39)27-11-5-2-6-12-27)21-25-16-18-29(19-17-25)41-23-26-9-3-1-4-10-26/h1-22H,23-24H2,(H,36,40)(H,37,39)/b31-21-. The third-order valence-corrected chi connectivity index (χ3v) is 8.13. The van der Waals surface area contributed by atoms with Crippen molar-refractivity contribution in [3.63, 3.8) is 0 Å². The molecule has 0 aliphatic rings. The number of carbonyl (C=O) groups excluding carboxylic acids is 3. The van der Waals surface area contributed by atoms with Crippen LogP contribution in [0.3, 0.4) is 0 Å². The maximum atomic E-state index is 13.5. The maximum Gasteiger partial charge on any atom is 0.272 e. The van der Waals surface area contributed by atoms with Crippen LogP contribution in [0.2, 0.25) is 0 Å². The fourth-order valence-corrected chi connectivity index (χ4v) is 5.62. The number of amides is 2. The second kappa shape index (κ2) is 14.8. The fraction of sp³-hybridized carbons (Fsp3) is 0.0571. The van der Waals surface area contributed by atoms with Gasteiger partial charge in [-0.2, -0.15) is 0 Å². The van der Waals surface area contributed by atoms with Crippen LogP contribution in [-0.4, -0.2) is 23.4 Å². The summed E-state index contributed by atoms with van der Waals surface area (Å²) in [5, 5.41) is 7.52. The number of rotatable bonds is 12.